The van der Waals surface area contributed by atoms with Gasteiger partial charge in [-0.2, -0.15) is 0 Å². The summed E-state index contributed by atoms with van der Waals surface area (Å²) in [5.41, 5.74) is 1.80. The third kappa shape index (κ3) is 3.69. The SMILES string of the molecule is CCc1cc(C(=O)NC2CCC(C)(C)C2)cc(Cl)n1. The number of rotatable bonds is 3. The molecule has 1 unspecified atom stereocenters. The average molecular weight is 281 g/mol. The molecule has 1 aromatic heterocycles. The lowest BCUT2D eigenvalue weighted by molar-refractivity contribution is 0.0936. The summed E-state index contributed by atoms with van der Waals surface area (Å²) in [6.45, 7) is 6.50. The second-order valence-electron chi connectivity index (χ2n) is 6.10. The van der Waals surface area contributed by atoms with Gasteiger partial charge in [-0.25, -0.2) is 4.98 Å². The van der Waals surface area contributed by atoms with Gasteiger partial charge in [0.05, 0.1) is 0 Å². The average Bonchev–Trinajstić information content (AvgIpc) is 2.67. The minimum atomic E-state index is -0.0401. The Hall–Kier alpha value is -1.09. The van der Waals surface area contributed by atoms with E-state index in [-0.39, 0.29) is 11.9 Å². The highest BCUT2D eigenvalue weighted by Gasteiger charge is 2.31. The zero-order valence-electron chi connectivity index (χ0n) is 11.8. The van der Waals surface area contributed by atoms with E-state index in [1.807, 2.05) is 13.0 Å². The summed E-state index contributed by atoms with van der Waals surface area (Å²) < 4.78 is 0. The number of carbonyl (C=O) groups excluding carboxylic acids is 1. The standard InChI is InChI=1S/C15H21ClN2O/c1-4-11-7-10(8-13(16)17-11)14(19)18-12-5-6-15(2,3)9-12/h7-8,12H,4-6,9H2,1-3H3,(H,18,19). The smallest absolute Gasteiger partial charge is 0.251 e. The van der Waals surface area contributed by atoms with Crippen LogP contribution in [0.3, 0.4) is 0 Å². The van der Waals surface area contributed by atoms with Crippen LogP contribution >= 0.6 is 11.6 Å². The van der Waals surface area contributed by atoms with E-state index in [1.165, 1.54) is 0 Å². The van der Waals surface area contributed by atoms with Gasteiger partial charge in [0.1, 0.15) is 5.15 Å². The van der Waals surface area contributed by atoms with Gasteiger partial charge in [0.15, 0.2) is 0 Å². The number of halogens is 1. The molecule has 1 aliphatic carbocycles. The first-order valence-corrected chi connectivity index (χ1v) is 7.25. The predicted molar refractivity (Wildman–Crippen MR) is 77.5 cm³/mol. The number of hydrogen-bond donors (Lipinski definition) is 1. The highest BCUT2D eigenvalue weighted by molar-refractivity contribution is 6.29. The maximum Gasteiger partial charge on any atom is 0.251 e. The lowest BCUT2D eigenvalue weighted by Crippen LogP contribution is -2.33. The van der Waals surface area contributed by atoms with Gasteiger partial charge in [0, 0.05) is 17.3 Å². The summed E-state index contributed by atoms with van der Waals surface area (Å²) in [5, 5.41) is 3.49. The van der Waals surface area contributed by atoms with Crippen molar-refractivity contribution in [2.24, 2.45) is 5.41 Å². The summed E-state index contributed by atoms with van der Waals surface area (Å²) in [5.74, 6) is -0.0401. The summed E-state index contributed by atoms with van der Waals surface area (Å²) in [4.78, 5) is 16.4. The molecule has 1 saturated carbocycles. The first-order valence-electron chi connectivity index (χ1n) is 6.87. The molecule has 4 heteroatoms. The molecule has 0 spiro atoms. The number of hydrogen-bond acceptors (Lipinski definition) is 2. The lowest BCUT2D eigenvalue weighted by Gasteiger charge is -2.18. The Balaban J connectivity index is 2.06. The van der Waals surface area contributed by atoms with Crippen molar-refractivity contribution < 1.29 is 4.79 Å². The van der Waals surface area contributed by atoms with E-state index in [2.05, 4.69) is 24.1 Å². The zero-order chi connectivity index (χ0) is 14.0. The summed E-state index contributed by atoms with van der Waals surface area (Å²) in [6.07, 6.45) is 4.03. The van der Waals surface area contributed by atoms with Gasteiger partial charge in [0.25, 0.3) is 5.91 Å². The molecule has 0 aromatic carbocycles. The Kier molecular flexibility index (Phi) is 4.14. The van der Waals surface area contributed by atoms with Crippen LogP contribution in [0.15, 0.2) is 12.1 Å². The first-order chi connectivity index (χ1) is 8.89. The van der Waals surface area contributed by atoms with Crippen LogP contribution in [0.25, 0.3) is 0 Å². The fraction of sp³-hybridized carbons (Fsp3) is 0.600. The molecule has 0 aliphatic heterocycles. The topological polar surface area (TPSA) is 42.0 Å². The van der Waals surface area contributed by atoms with Crippen LogP contribution in [-0.4, -0.2) is 16.9 Å². The van der Waals surface area contributed by atoms with Crippen molar-refractivity contribution in [3.05, 3.63) is 28.5 Å². The van der Waals surface area contributed by atoms with Gasteiger partial charge in [-0.1, -0.05) is 32.4 Å². The second-order valence-corrected chi connectivity index (χ2v) is 6.49. The van der Waals surface area contributed by atoms with Crippen LogP contribution in [-0.2, 0) is 6.42 Å². The number of aryl methyl sites for hydroxylation is 1. The van der Waals surface area contributed by atoms with Crippen LogP contribution in [0, 0.1) is 5.41 Å². The molecule has 1 fully saturated rings. The van der Waals surface area contributed by atoms with E-state index >= 15 is 0 Å². The molecule has 1 atom stereocenters. The van der Waals surface area contributed by atoms with Crippen molar-refractivity contribution in [1.29, 1.82) is 0 Å². The van der Waals surface area contributed by atoms with Crippen LogP contribution in [0.2, 0.25) is 5.15 Å². The molecule has 0 bridgehead atoms. The van der Waals surface area contributed by atoms with Crippen molar-refractivity contribution in [2.75, 3.05) is 0 Å². The third-order valence-electron chi connectivity index (χ3n) is 3.78. The van der Waals surface area contributed by atoms with E-state index in [9.17, 15) is 4.79 Å². The number of pyridine rings is 1. The largest absolute Gasteiger partial charge is 0.349 e. The van der Waals surface area contributed by atoms with Gasteiger partial charge >= 0.3 is 0 Å². The summed E-state index contributed by atoms with van der Waals surface area (Å²) >= 11 is 5.94. The van der Waals surface area contributed by atoms with Crippen molar-refractivity contribution in [2.45, 2.75) is 52.5 Å². The highest BCUT2D eigenvalue weighted by atomic mass is 35.5. The van der Waals surface area contributed by atoms with Crippen molar-refractivity contribution in [3.63, 3.8) is 0 Å². The monoisotopic (exact) mass is 280 g/mol. The van der Waals surface area contributed by atoms with Gasteiger partial charge in [-0.05, 0) is 43.2 Å². The first kappa shape index (κ1) is 14.3. The molecule has 3 nitrogen and oxygen atoms in total. The minimum Gasteiger partial charge on any atom is -0.349 e. The number of amides is 1. The Morgan fingerprint density at radius 1 is 1.53 bits per heavy atom. The normalized spacial score (nSPS) is 21.4. The predicted octanol–water partition coefficient (Wildman–Crippen LogP) is 3.61. The molecule has 1 aliphatic rings. The third-order valence-corrected chi connectivity index (χ3v) is 3.97. The maximum atomic E-state index is 12.2. The van der Waals surface area contributed by atoms with E-state index in [1.54, 1.807) is 6.07 Å². The molecule has 1 aromatic rings. The fourth-order valence-corrected chi connectivity index (χ4v) is 2.92. The molecule has 1 amide bonds. The van der Waals surface area contributed by atoms with Gasteiger partial charge in [0.2, 0.25) is 0 Å². The maximum absolute atomic E-state index is 12.2. The summed E-state index contributed by atoms with van der Waals surface area (Å²) in [6, 6.07) is 3.73. The fourth-order valence-electron chi connectivity index (χ4n) is 2.69. The molecular formula is C15H21ClN2O. The molecule has 1 heterocycles. The zero-order valence-corrected chi connectivity index (χ0v) is 12.5. The Bertz CT molecular complexity index is 485. The van der Waals surface area contributed by atoms with E-state index in [0.29, 0.717) is 16.1 Å². The molecule has 0 radical (unpaired) electrons. The van der Waals surface area contributed by atoms with Gasteiger partial charge in [-0.3, -0.25) is 4.79 Å². The Labute approximate surface area is 119 Å². The second kappa shape index (κ2) is 5.49. The Morgan fingerprint density at radius 2 is 2.26 bits per heavy atom. The highest BCUT2D eigenvalue weighted by Crippen LogP contribution is 2.36. The van der Waals surface area contributed by atoms with E-state index in [0.717, 1.165) is 31.4 Å². The molecule has 1 N–H and O–H groups in total. The quantitative estimate of drug-likeness (QED) is 0.860. The van der Waals surface area contributed by atoms with Crippen LogP contribution in [0.5, 0.6) is 0 Å². The van der Waals surface area contributed by atoms with Crippen LogP contribution < -0.4 is 5.32 Å². The van der Waals surface area contributed by atoms with Gasteiger partial charge < -0.3 is 5.32 Å². The minimum absolute atomic E-state index is 0.0401. The van der Waals surface area contributed by atoms with Crippen molar-refractivity contribution in [1.82, 2.24) is 10.3 Å². The number of aromatic nitrogens is 1. The number of nitrogens with zero attached hydrogens (tertiary/aromatic N) is 1. The lowest BCUT2D eigenvalue weighted by atomic mass is 9.92. The van der Waals surface area contributed by atoms with E-state index in [4.69, 9.17) is 11.6 Å². The number of carbonyl (C=O) groups is 1. The molecule has 2 rings (SSSR count). The van der Waals surface area contributed by atoms with Gasteiger partial charge in [-0.15, -0.1) is 0 Å². The van der Waals surface area contributed by atoms with Crippen LogP contribution in [0.4, 0.5) is 0 Å². The van der Waals surface area contributed by atoms with Crippen molar-refractivity contribution in [3.8, 4) is 0 Å². The van der Waals surface area contributed by atoms with Crippen molar-refractivity contribution >= 4 is 17.5 Å². The number of nitrogens with one attached hydrogen (secondary N) is 1. The van der Waals surface area contributed by atoms with Crippen LogP contribution in [0.1, 0.15) is 56.1 Å². The van der Waals surface area contributed by atoms with E-state index < -0.39 is 0 Å². The molecule has 0 saturated heterocycles. The Morgan fingerprint density at radius 3 is 2.84 bits per heavy atom. The molecular weight excluding hydrogens is 260 g/mol. The summed E-state index contributed by atoms with van der Waals surface area (Å²) in [7, 11) is 0. The molecule has 104 valence electrons. The molecule has 19 heavy (non-hydrogen) atoms.